The first-order chi connectivity index (χ1) is 22.9. The molecule has 48 heavy (non-hydrogen) atoms. The van der Waals surface area contributed by atoms with Gasteiger partial charge in [0.05, 0.1) is 0 Å². The minimum Gasteiger partial charge on any atom is -0.359 e. The molecule has 0 bridgehead atoms. The topological polar surface area (TPSA) is 89.6 Å². The Hall–Kier alpha value is -4.30. The molecule has 4 aromatic rings. The predicted octanol–water partition coefficient (Wildman–Crippen LogP) is 9.55. The third-order valence-corrected chi connectivity index (χ3v) is 11.9. The predicted molar refractivity (Wildman–Crippen MR) is 190 cm³/mol. The van der Waals surface area contributed by atoms with E-state index >= 15 is 0 Å². The fraction of sp³-hybridized carbons (Fsp3) is 0.550. The van der Waals surface area contributed by atoms with Crippen LogP contribution >= 0.6 is 0 Å². The van der Waals surface area contributed by atoms with E-state index in [9.17, 15) is 5.26 Å². The van der Waals surface area contributed by atoms with Gasteiger partial charge in [0.2, 0.25) is 0 Å². The fourth-order valence-electron chi connectivity index (χ4n) is 8.01. The van der Waals surface area contributed by atoms with Crippen molar-refractivity contribution >= 4 is 5.82 Å². The third-order valence-electron chi connectivity index (χ3n) is 11.9. The average molecular weight is 643 g/mol. The highest BCUT2D eigenvalue weighted by atomic mass is 15.3. The molecule has 2 aliphatic carbocycles. The first kappa shape index (κ1) is 33.6. The van der Waals surface area contributed by atoms with Crippen molar-refractivity contribution in [2.45, 2.75) is 129 Å². The summed E-state index contributed by atoms with van der Waals surface area (Å²) in [6, 6.07) is 14.5. The van der Waals surface area contributed by atoms with Crippen LogP contribution in [0, 0.1) is 28.7 Å². The molecule has 0 spiro atoms. The highest BCUT2D eigenvalue weighted by Gasteiger charge is 2.42. The zero-order valence-electron chi connectivity index (χ0n) is 29.7. The number of pyridine rings is 2. The first-order valence-corrected chi connectivity index (χ1v) is 17.8. The molecule has 2 fully saturated rings. The number of hydrogen-bond acceptors (Lipinski definition) is 5. The van der Waals surface area contributed by atoms with Crippen LogP contribution in [-0.2, 0) is 23.7 Å². The van der Waals surface area contributed by atoms with Crippen LogP contribution in [-0.4, -0.2) is 29.5 Å². The maximum atomic E-state index is 9.96. The van der Waals surface area contributed by atoms with Crippen LogP contribution < -0.4 is 0 Å². The Labute approximate surface area is 286 Å². The van der Waals surface area contributed by atoms with Crippen molar-refractivity contribution in [3.63, 3.8) is 0 Å². The maximum absolute atomic E-state index is 9.96. The summed E-state index contributed by atoms with van der Waals surface area (Å²) in [7, 11) is 0. The zero-order valence-corrected chi connectivity index (χ0v) is 29.7. The SMILES string of the molecule is [C-]#[N+]c1nn(-c2cccc(C(C)(C)C(C)(C)c3cccc(-n4cc(CC5(C)CCCCC5)c(C#N)n4)n3)n2)cc1CC1(C)CCCCC1. The second kappa shape index (κ2) is 13.0. The second-order valence-electron chi connectivity index (χ2n) is 16.2. The molecule has 8 heteroatoms. The summed E-state index contributed by atoms with van der Waals surface area (Å²) >= 11 is 0. The molecule has 4 heterocycles. The highest BCUT2D eigenvalue weighted by molar-refractivity contribution is 5.47. The summed E-state index contributed by atoms with van der Waals surface area (Å²) in [5.41, 5.74) is 3.93. The van der Waals surface area contributed by atoms with Crippen LogP contribution in [0.1, 0.15) is 134 Å². The third kappa shape index (κ3) is 6.55. The van der Waals surface area contributed by atoms with Crippen molar-refractivity contribution < 1.29 is 0 Å². The van der Waals surface area contributed by atoms with Gasteiger partial charge in [0, 0.05) is 45.7 Å². The summed E-state index contributed by atoms with van der Waals surface area (Å²) in [5, 5.41) is 19.3. The molecule has 6 rings (SSSR count). The van der Waals surface area contributed by atoms with Gasteiger partial charge in [0.15, 0.2) is 17.3 Å². The lowest BCUT2D eigenvalue weighted by Gasteiger charge is -2.41. The van der Waals surface area contributed by atoms with Gasteiger partial charge in [-0.3, -0.25) is 0 Å². The van der Waals surface area contributed by atoms with E-state index in [0.29, 0.717) is 23.1 Å². The van der Waals surface area contributed by atoms with E-state index in [1.807, 2.05) is 36.7 Å². The van der Waals surface area contributed by atoms with E-state index in [1.54, 1.807) is 9.36 Å². The molecule has 0 saturated heterocycles. The number of nitriles is 1. The van der Waals surface area contributed by atoms with E-state index in [4.69, 9.17) is 26.7 Å². The van der Waals surface area contributed by atoms with Crippen LogP contribution in [0.5, 0.6) is 0 Å². The quantitative estimate of drug-likeness (QED) is 0.170. The van der Waals surface area contributed by atoms with Crippen molar-refractivity contribution in [1.82, 2.24) is 29.5 Å². The van der Waals surface area contributed by atoms with E-state index in [1.165, 1.54) is 64.2 Å². The molecule has 0 aromatic carbocycles. The van der Waals surface area contributed by atoms with Gasteiger partial charge >= 0.3 is 0 Å². The molecule has 0 atom stereocenters. The standard InChI is InChI=1S/C40H50N8/c1-37(2,32-16-14-18-34(43-32)47-27-29(31(26-41)45-47)24-39(5)20-10-8-11-21-39)38(3,4)33-17-15-19-35(44-33)48-28-30(36(42-7)46-48)25-40(6)22-12-9-13-23-40/h14-19,27-28H,8-13,20-25H2,1-6H3. The molecular formula is C40H50N8. The number of aromatic nitrogens is 6. The number of rotatable bonds is 9. The molecule has 250 valence electrons. The molecule has 0 N–H and O–H groups in total. The molecule has 2 aliphatic rings. The lowest BCUT2D eigenvalue weighted by molar-refractivity contribution is 0.214. The number of hydrogen-bond donors (Lipinski definition) is 0. The summed E-state index contributed by atoms with van der Waals surface area (Å²) in [6.07, 6.45) is 18.2. The first-order valence-electron chi connectivity index (χ1n) is 17.8. The van der Waals surface area contributed by atoms with Gasteiger partial charge in [-0.15, -0.1) is 4.68 Å². The van der Waals surface area contributed by atoms with Crippen LogP contribution in [0.15, 0.2) is 48.8 Å². The Morgan fingerprint density at radius 2 is 1.19 bits per heavy atom. The minimum atomic E-state index is -0.426. The van der Waals surface area contributed by atoms with Crippen LogP contribution in [0.25, 0.3) is 16.5 Å². The summed E-state index contributed by atoms with van der Waals surface area (Å²) in [4.78, 5) is 14.1. The van der Waals surface area contributed by atoms with Crippen molar-refractivity contribution in [3.8, 4) is 17.7 Å². The highest BCUT2D eigenvalue weighted by Crippen LogP contribution is 2.44. The van der Waals surface area contributed by atoms with Gasteiger partial charge in [0.25, 0.3) is 5.82 Å². The molecule has 4 aromatic heterocycles. The van der Waals surface area contributed by atoms with Crippen molar-refractivity contribution in [1.29, 1.82) is 5.26 Å². The summed E-state index contributed by atoms with van der Waals surface area (Å²) in [6.45, 7) is 21.4. The Bertz CT molecular complexity index is 1710. The van der Waals surface area contributed by atoms with E-state index in [2.05, 4.69) is 64.6 Å². The van der Waals surface area contributed by atoms with Gasteiger partial charge < -0.3 is 4.85 Å². The minimum absolute atomic E-state index is 0.212. The zero-order chi connectivity index (χ0) is 34.2. The van der Waals surface area contributed by atoms with Crippen molar-refractivity contribution in [3.05, 3.63) is 88.4 Å². The lowest BCUT2D eigenvalue weighted by atomic mass is 9.64. The molecular weight excluding hydrogens is 592 g/mol. The van der Waals surface area contributed by atoms with Crippen LogP contribution in [0.3, 0.4) is 0 Å². The molecule has 2 saturated carbocycles. The Kier molecular flexibility index (Phi) is 9.07. The molecule has 0 amide bonds. The van der Waals surface area contributed by atoms with Gasteiger partial charge in [-0.05, 0) is 78.7 Å². The smallest absolute Gasteiger partial charge is 0.299 e. The largest absolute Gasteiger partial charge is 0.359 e. The van der Waals surface area contributed by atoms with E-state index in [0.717, 1.165) is 35.4 Å². The Morgan fingerprint density at radius 1 is 0.729 bits per heavy atom. The van der Waals surface area contributed by atoms with Crippen molar-refractivity contribution in [2.75, 3.05) is 0 Å². The summed E-state index contributed by atoms with van der Waals surface area (Å²) in [5.74, 6) is 1.89. The Morgan fingerprint density at radius 3 is 1.67 bits per heavy atom. The fourth-order valence-corrected chi connectivity index (χ4v) is 8.01. The second-order valence-corrected chi connectivity index (χ2v) is 16.2. The lowest BCUT2D eigenvalue weighted by Crippen LogP contribution is -2.42. The molecule has 8 nitrogen and oxygen atoms in total. The van der Waals surface area contributed by atoms with Crippen LogP contribution in [0.4, 0.5) is 5.82 Å². The van der Waals surface area contributed by atoms with Gasteiger partial charge in [0.1, 0.15) is 6.07 Å². The number of nitrogens with zero attached hydrogens (tertiary/aromatic N) is 8. The molecule has 0 unspecified atom stereocenters. The maximum Gasteiger partial charge on any atom is 0.299 e. The van der Waals surface area contributed by atoms with Crippen molar-refractivity contribution in [2.24, 2.45) is 10.8 Å². The Balaban J connectivity index is 1.27. The van der Waals surface area contributed by atoms with E-state index in [-0.39, 0.29) is 10.8 Å². The average Bonchev–Trinajstić information content (AvgIpc) is 3.68. The van der Waals surface area contributed by atoms with Gasteiger partial charge in [-0.2, -0.15) is 10.4 Å². The van der Waals surface area contributed by atoms with Gasteiger partial charge in [-0.25, -0.2) is 14.6 Å². The van der Waals surface area contributed by atoms with Gasteiger partial charge in [-0.1, -0.05) is 98.8 Å². The van der Waals surface area contributed by atoms with E-state index < -0.39 is 10.8 Å². The molecule has 0 radical (unpaired) electrons. The normalized spacial score (nSPS) is 17.8. The monoisotopic (exact) mass is 642 g/mol. The molecule has 0 aliphatic heterocycles. The summed E-state index contributed by atoms with van der Waals surface area (Å²) < 4.78 is 3.57. The van der Waals surface area contributed by atoms with Crippen LogP contribution in [0.2, 0.25) is 0 Å².